The summed E-state index contributed by atoms with van der Waals surface area (Å²) >= 11 is 0. The molecule has 1 fully saturated rings. The third-order valence-corrected chi connectivity index (χ3v) is 5.05. The molecule has 144 valence electrons. The van der Waals surface area contributed by atoms with Crippen LogP contribution in [0.4, 0.5) is 10.5 Å². The number of rotatable bonds is 5. The fourth-order valence-corrected chi connectivity index (χ4v) is 3.37. The molecule has 26 heavy (non-hydrogen) atoms. The first kappa shape index (κ1) is 20.1. The van der Waals surface area contributed by atoms with Gasteiger partial charge in [0.15, 0.2) is 0 Å². The van der Waals surface area contributed by atoms with Crippen LogP contribution >= 0.6 is 0 Å². The predicted molar refractivity (Wildman–Crippen MR) is 105 cm³/mol. The normalized spacial score (nSPS) is 17.8. The summed E-state index contributed by atoms with van der Waals surface area (Å²) in [6, 6.07) is 8.43. The topological polar surface area (TPSA) is 64.7 Å². The highest BCUT2D eigenvalue weighted by Gasteiger charge is 2.31. The number of piperazine rings is 1. The minimum Gasteiger partial charge on any atom is -0.367 e. The van der Waals surface area contributed by atoms with Crippen LogP contribution in [0.5, 0.6) is 0 Å². The molecule has 1 saturated heterocycles. The SMILES string of the molecule is CNC(=O)CCC(C)(C)NC(=O)N1CCN(c2ccccc2C)C[C@H]1C. The van der Waals surface area contributed by atoms with Gasteiger partial charge in [0.25, 0.3) is 0 Å². The van der Waals surface area contributed by atoms with Gasteiger partial charge in [-0.3, -0.25) is 4.79 Å². The first-order chi connectivity index (χ1) is 12.2. The maximum Gasteiger partial charge on any atom is 0.318 e. The lowest BCUT2D eigenvalue weighted by atomic mass is 9.98. The first-order valence-corrected chi connectivity index (χ1v) is 9.33. The van der Waals surface area contributed by atoms with Crippen LogP contribution in [-0.4, -0.2) is 55.1 Å². The second-order valence-corrected chi connectivity index (χ2v) is 7.76. The summed E-state index contributed by atoms with van der Waals surface area (Å²) in [7, 11) is 1.63. The highest BCUT2D eigenvalue weighted by Crippen LogP contribution is 2.23. The molecule has 1 atom stereocenters. The van der Waals surface area contributed by atoms with E-state index in [-0.39, 0.29) is 18.0 Å². The van der Waals surface area contributed by atoms with E-state index in [2.05, 4.69) is 47.6 Å². The third kappa shape index (κ3) is 5.13. The molecule has 0 bridgehead atoms. The Morgan fingerprint density at radius 3 is 2.54 bits per heavy atom. The maximum absolute atomic E-state index is 12.7. The van der Waals surface area contributed by atoms with Crippen molar-refractivity contribution in [2.24, 2.45) is 0 Å². The molecule has 6 heteroatoms. The van der Waals surface area contributed by atoms with Gasteiger partial charge in [-0.15, -0.1) is 0 Å². The van der Waals surface area contributed by atoms with Crippen LogP contribution in [0.1, 0.15) is 39.2 Å². The van der Waals surface area contributed by atoms with Crippen molar-refractivity contribution in [1.82, 2.24) is 15.5 Å². The van der Waals surface area contributed by atoms with E-state index in [0.717, 1.165) is 13.1 Å². The summed E-state index contributed by atoms with van der Waals surface area (Å²) in [5.41, 5.74) is 2.08. The van der Waals surface area contributed by atoms with E-state index in [1.807, 2.05) is 24.8 Å². The Kier molecular flexibility index (Phi) is 6.51. The average Bonchev–Trinajstić information content (AvgIpc) is 2.59. The molecule has 1 aromatic carbocycles. The van der Waals surface area contributed by atoms with Crippen LogP contribution in [0.15, 0.2) is 24.3 Å². The van der Waals surface area contributed by atoms with E-state index in [1.165, 1.54) is 11.3 Å². The minimum absolute atomic E-state index is 0.00691. The van der Waals surface area contributed by atoms with Crippen LogP contribution in [0.2, 0.25) is 0 Å². The van der Waals surface area contributed by atoms with Crippen LogP contribution < -0.4 is 15.5 Å². The molecular weight excluding hydrogens is 328 g/mol. The summed E-state index contributed by atoms with van der Waals surface area (Å²) in [5.74, 6) is -0.00691. The summed E-state index contributed by atoms with van der Waals surface area (Å²) in [6.07, 6.45) is 1.01. The molecule has 1 aliphatic heterocycles. The van der Waals surface area contributed by atoms with Crippen molar-refractivity contribution < 1.29 is 9.59 Å². The number of anilines is 1. The van der Waals surface area contributed by atoms with Crippen molar-refractivity contribution in [3.63, 3.8) is 0 Å². The Balaban J connectivity index is 1.93. The molecule has 1 heterocycles. The van der Waals surface area contributed by atoms with Crippen molar-refractivity contribution in [3.05, 3.63) is 29.8 Å². The lowest BCUT2D eigenvalue weighted by molar-refractivity contribution is -0.121. The van der Waals surface area contributed by atoms with Gasteiger partial charge in [0.2, 0.25) is 5.91 Å². The lowest BCUT2D eigenvalue weighted by Gasteiger charge is -2.42. The van der Waals surface area contributed by atoms with Crippen molar-refractivity contribution >= 4 is 17.6 Å². The highest BCUT2D eigenvalue weighted by atomic mass is 16.2. The summed E-state index contributed by atoms with van der Waals surface area (Å²) < 4.78 is 0. The quantitative estimate of drug-likeness (QED) is 0.848. The molecule has 0 radical (unpaired) electrons. The zero-order valence-corrected chi connectivity index (χ0v) is 16.6. The number of nitrogens with zero attached hydrogens (tertiary/aromatic N) is 2. The van der Waals surface area contributed by atoms with Gasteiger partial charge >= 0.3 is 6.03 Å². The van der Waals surface area contributed by atoms with E-state index >= 15 is 0 Å². The van der Waals surface area contributed by atoms with Gasteiger partial charge in [-0.1, -0.05) is 18.2 Å². The third-order valence-electron chi connectivity index (χ3n) is 5.05. The van der Waals surface area contributed by atoms with E-state index in [9.17, 15) is 9.59 Å². The second kappa shape index (κ2) is 8.43. The fraction of sp³-hybridized carbons (Fsp3) is 0.600. The Labute approximate surface area is 156 Å². The molecule has 1 aromatic rings. The van der Waals surface area contributed by atoms with Gasteiger partial charge in [-0.25, -0.2) is 4.79 Å². The van der Waals surface area contributed by atoms with E-state index in [0.29, 0.717) is 19.4 Å². The number of amides is 3. The van der Waals surface area contributed by atoms with Crippen molar-refractivity contribution in [3.8, 4) is 0 Å². The van der Waals surface area contributed by atoms with Gasteiger partial charge in [0.1, 0.15) is 0 Å². The minimum atomic E-state index is -0.420. The smallest absolute Gasteiger partial charge is 0.318 e. The van der Waals surface area contributed by atoms with Gasteiger partial charge in [0, 0.05) is 50.4 Å². The molecule has 0 aromatic heterocycles. The molecule has 6 nitrogen and oxygen atoms in total. The van der Waals surface area contributed by atoms with Crippen LogP contribution in [-0.2, 0) is 4.79 Å². The van der Waals surface area contributed by atoms with Crippen molar-refractivity contribution in [2.75, 3.05) is 31.6 Å². The fourth-order valence-electron chi connectivity index (χ4n) is 3.37. The van der Waals surface area contributed by atoms with Gasteiger partial charge in [0.05, 0.1) is 0 Å². The van der Waals surface area contributed by atoms with Crippen LogP contribution in [0.25, 0.3) is 0 Å². The molecule has 3 amide bonds. The Morgan fingerprint density at radius 1 is 1.23 bits per heavy atom. The molecule has 0 unspecified atom stereocenters. The Hall–Kier alpha value is -2.24. The summed E-state index contributed by atoms with van der Waals surface area (Å²) in [6.45, 7) is 10.4. The van der Waals surface area contributed by atoms with Crippen molar-refractivity contribution in [2.45, 2.75) is 52.1 Å². The Bertz CT molecular complexity index is 644. The monoisotopic (exact) mass is 360 g/mol. The number of benzene rings is 1. The lowest BCUT2D eigenvalue weighted by Crippen LogP contribution is -2.59. The standard InChI is InChI=1S/C20H32N4O2/c1-15-8-6-7-9-17(15)23-12-13-24(16(2)14-23)19(26)22-20(3,4)11-10-18(25)21-5/h6-9,16H,10-14H2,1-5H3,(H,21,25)(H,22,26)/t16-/m1/s1. The molecular formula is C20H32N4O2. The summed E-state index contributed by atoms with van der Waals surface area (Å²) in [5, 5.41) is 5.71. The number of nitrogens with one attached hydrogen (secondary N) is 2. The number of carbonyl (C=O) groups is 2. The molecule has 1 aliphatic rings. The second-order valence-electron chi connectivity index (χ2n) is 7.76. The zero-order chi connectivity index (χ0) is 19.3. The van der Waals surface area contributed by atoms with E-state index < -0.39 is 5.54 Å². The number of para-hydroxylation sites is 1. The molecule has 0 saturated carbocycles. The number of carbonyl (C=O) groups excluding carboxylic acids is 2. The maximum atomic E-state index is 12.7. The number of urea groups is 1. The van der Waals surface area contributed by atoms with Crippen molar-refractivity contribution in [1.29, 1.82) is 0 Å². The first-order valence-electron chi connectivity index (χ1n) is 9.33. The summed E-state index contributed by atoms with van der Waals surface area (Å²) in [4.78, 5) is 28.4. The zero-order valence-electron chi connectivity index (χ0n) is 16.6. The number of hydrogen-bond donors (Lipinski definition) is 2. The highest BCUT2D eigenvalue weighted by molar-refractivity contribution is 5.77. The van der Waals surface area contributed by atoms with Gasteiger partial charge < -0.3 is 20.4 Å². The Morgan fingerprint density at radius 2 is 1.92 bits per heavy atom. The van der Waals surface area contributed by atoms with Crippen LogP contribution in [0.3, 0.4) is 0 Å². The van der Waals surface area contributed by atoms with Gasteiger partial charge in [-0.2, -0.15) is 0 Å². The van der Waals surface area contributed by atoms with E-state index in [1.54, 1.807) is 7.05 Å². The molecule has 0 spiro atoms. The number of hydrogen-bond acceptors (Lipinski definition) is 3. The van der Waals surface area contributed by atoms with Crippen LogP contribution in [0, 0.1) is 6.92 Å². The number of aryl methyl sites for hydroxylation is 1. The van der Waals surface area contributed by atoms with Gasteiger partial charge in [-0.05, 0) is 45.7 Å². The average molecular weight is 361 g/mol. The largest absolute Gasteiger partial charge is 0.367 e. The van der Waals surface area contributed by atoms with E-state index in [4.69, 9.17) is 0 Å². The molecule has 2 N–H and O–H groups in total. The molecule has 2 rings (SSSR count). The molecule has 0 aliphatic carbocycles. The predicted octanol–water partition coefficient (Wildman–Crippen LogP) is 2.52.